The highest BCUT2D eigenvalue weighted by molar-refractivity contribution is 6.30. The molecule has 20 heavy (non-hydrogen) atoms. The number of pyridine rings is 1. The fraction of sp³-hybridized carbons (Fsp3) is 0.312. The monoisotopic (exact) mass is 292 g/mol. The third kappa shape index (κ3) is 4.29. The van der Waals surface area contributed by atoms with Crippen molar-refractivity contribution in [3.63, 3.8) is 0 Å². The molecule has 0 aliphatic heterocycles. The molecule has 1 atom stereocenters. The van der Waals surface area contributed by atoms with Crippen LogP contribution in [0.4, 0.5) is 4.39 Å². The second-order valence-electron chi connectivity index (χ2n) is 4.77. The zero-order valence-corrected chi connectivity index (χ0v) is 12.2. The van der Waals surface area contributed by atoms with Crippen LogP contribution in [0.15, 0.2) is 42.7 Å². The molecule has 1 N–H and O–H groups in total. The van der Waals surface area contributed by atoms with Crippen LogP contribution in [-0.2, 0) is 6.42 Å². The van der Waals surface area contributed by atoms with Crippen LogP contribution < -0.4 is 5.32 Å². The van der Waals surface area contributed by atoms with Crippen LogP contribution in [-0.4, -0.2) is 11.5 Å². The molecule has 0 fully saturated rings. The molecular formula is C16H18ClFN2. The van der Waals surface area contributed by atoms with E-state index < -0.39 is 0 Å². The number of rotatable bonds is 6. The van der Waals surface area contributed by atoms with Crippen LogP contribution in [0.5, 0.6) is 0 Å². The summed E-state index contributed by atoms with van der Waals surface area (Å²) in [6.07, 6.45) is 4.75. The summed E-state index contributed by atoms with van der Waals surface area (Å²) in [5.74, 6) is -0.304. The van der Waals surface area contributed by atoms with Crippen molar-refractivity contribution < 1.29 is 4.39 Å². The summed E-state index contributed by atoms with van der Waals surface area (Å²) in [4.78, 5) is 3.93. The lowest BCUT2D eigenvalue weighted by Gasteiger charge is -2.19. The highest BCUT2D eigenvalue weighted by atomic mass is 35.5. The second-order valence-corrected chi connectivity index (χ2v) is 5.21. The van der Waals surface area contributed by atoms with E-state index in [-0.39, 0.29) is 11.9 Å². The molecule has 1 unspecified atom stereocenters. The van der Waals surface area contributed by atoms with Gasteiger partial charge in [0, 0.05) is 17.3 Å². The number of nitrogens with zero attached hydrogens (tertiary/aromatic N) is 1. The Kier molecular flexibility index (Phi) is 5.50. The zero-order valence-electron chi connectivity index (χ0n) is 11.4. The third-order valence-electron chi connectivity index (χ3n) is 3.12. The Morgan fingerprint density at radius 1 is 1.25 bits per heavy atom. The molecule has 0 saturated carbocycles. The van der Waals surface area contributed by atoms with Crippen LogP contribution in [0.3, 0.4) is 0 Å². The van der Waals surface area contributed by atoms with Crippen LogP contribution in [0.25, 0.3) is 0 Å². The van der Waals surface area contributed by atoms with Gasteiger partial charge in [0.15, 0.2) is 0 Å². The Hall–Kier alpha value is -1.45. The van der Waals surface area contributed by atoms with Crippen LogP contribution in [0, 0.1) is 5.82 Å². The predicted molar refractivity (Wildman–Crippen MR) is 80.4 cm³/mol. The van der Waals surface area contributed by atoms with Gasteiger partial charge in [-0.05, 0) is 48.7 Å². The van der Waals surface area contributed by atoms with Gasteiger partial charge in [-0.1, -0.05) is 30.7 Å². The maximum atomic E-state index is 13.3. The van der Waals surface area contributed by atoms with Crippen LogP contribution in [0.1, 0.15) is 30.5 Å². The van der Waals surface area contributed by atoms with Crippen molar-refractivity contribution in [1.82, 2.24) is 10.3 Å². The molecule has 106 valence electrons. The lowest BCUT2D eigenvalue weighted by atomic mass is 10.00. The number of halogens is 2. The average Bonchev–Trinajstić information content (AvgIpc) is 2.45. The van der Waals surface area contributed by atoms with Crippen LogP contribution in [0.2, 0.25) is 5.02 Å². The smallest absolute Gasteiger partial charge is 0.141 e. The van der Waals surface area contributed by atoms with Crippen molar-refractivity contribution in [3.05, 3.63) is 64.7 Å². The first-order chi connectivity index (χ1) is 9.69. The summed E-state index contributed by atoms with van der Waals surface area (Å²) in [7, 11) is 0. The van der Waals surface area contributed by atoms with Gasteiger partial charge in [-0.2, -0.15) is 0 Å². The molecule has 1 aromatic carbocycles. The highest BCUT2D eigenvalue weighted by Gasteiger charge is 2.12. The van der Waals surface area contributed by atoms with E-state index in [4.69, 9.17) is 11.6 Å². The number of hydrogen-bond donors (Lipinski definition) is 1. The topological polar surface area (TPSA) is 24.9 Å². The number of hydrogen-bond acceptors (Lipinski definition) is 2. The van der Waals surface area contributed by atoms with Gasteiger partial charge in [0.1, 0.15) is 5.82 Å². The molecule has 0 amide bonds. The Morgan fingerprint density at radius 3 is 2.65 bits per heavy atom. The molecule has 0 aliphatic carbocycles. The minimum atomic E-state index is -0.304. The molecule has 2 rings (SSSR count). The molecule has 0 bridgehead atoms. The number of benzene rings is 1. The summed E-state index contributed by atoms with van der Waals surface area (Å²) in [6.45, 7) is 2.99. The van der Waals surface area contributed by atoms with E-state index in [0.717, 1.165) is 35.5 Å². The summed E-state index contributed by atoms with van der Waals surface area (Å²) < 4.78 is 13.3. The second kappa shape index (κ2) is 7.36. The lowest BCUT2D eigenvalue weighted by molar-refractivity contribution is 0.521. The first-order valence-corrected chi connectivity index (χ1v) is 7.15. The first-order valence-electron chi connectivity index (χ1n) is 6.77. The van der Waals surface area contributed by atoms with Crippen molar-refractivity contribution >= 4 is 11.6 Å². The van der Waals surface area contributed by atoms with E-state index in [1.165, 1.54) is 12.3 Å². The Morgan fingerprint density at radius 2 is 2.00 bits per heavy atom. The SMILES string of the molecule is CCCNC(Cc1ccc(Cl)cc1)c1cncc(F)c1. The molecule has 0 saturated heterocycles. The van der Waals surface area contributed by atoms with E-state index in [9.17, 15) is 4.39 Å². The average molecular weight is 293 g/mol. The Bertz CT molecular complexity index is 542. The van der Waals surface area contributed by atoms with Gasteiger partial charge in [-0.15, -0.1) is 0 Å². The quantitative estimate of drug-likeness (QED) is 0.865. The van der Waals surface area contributed by atoms with E-state index in [0.29, 0.717) is 0 Å². The number of aromatic nitrogens is 1. The van der Waals surface area contributed by atoms with E-state index >= 15 is 0 Å². The maximum absolute atomic E-state index is 13.3. The fourth-order valence-corrected chi connectivity index (χ4v) is 2.23. The molecule has 1 aromatic heterocycles. The molecule has 0 radical (unpaired) electrons. The van der Waals surface area contributed by atoms with Crippen molar-refractivity contribution in [2.75, 3.05) is 6.54 Å². The van der Waals surface area contributed by atoms with E-state index in [2.05, 4.69) is 17.2 Å². The normalized spacial score (nSPS) is 12.3. The van der Waals surface area contributed by atoms with Crippen molar-refractivity contribution in [2.45, 2.75) is 25.8 Å². The molecule has 0 aliphatic rings. The molecule has 1 heterocycles. The third-order valence-corrected chi connectivity index (χ3v) is 3.37. The summed E-state index contributed by atoms with van der Waals surface area (Å²) in [5.41, 5.74) is 2.03. The molecule has 2 aromatic rings. The standard InChI is InChI=1S/C16H18ClFN2/c1-2-7-20-16(13-9-15(18)11-19-10-13)8-12-3-5-14(17)6-4-12/h3-6,9-11,16,20H,2,7-8H2,1H3. The van der Waals surface area contributed by atoms with Crippen molar-refractivity contribution in [2.24, 2.45) is 0 Å². The summed E-state index contributed by atoms with van der Waals surface area (Å²) in [5, 5.41) is 4.16. The van der Waals surface area contributed by atoms with Crippen LogP contribution >= 0.6 is 11.6 Å². The molecule has 4 heteroatoms. The molecular weight excluding hydrogens is 275 g/mol. The largest absolute Gasteiger partial charge is 0.310 e. The highest BCUT2D eigenvalue weighted by Crippen LogP contribution is 2.20. The number of nitrogens with one attached hydrogen (secondary N) is 1. The van der Waals surface area contributed by atoms with Gasteiger partial charge in [0.25, 0.3) is 0 Å². The van der Waals surface area contributed by atoms with Gasteiger partial charge in [0.2, 0.25) is 0 Å². The Balaban J connectivity index is 2.16. The molecule has 0 spiro atoms. The van der Waals surface area contributed by atoms with E-state index in [1.54, 1.807) is 6.20 Å². The van der Waals surface area contributed by atoms with Crippen molar-refractivity contribution in [1.29, 1.82) is 0 Å². The van der Waals surface area contributed by atoms with Gasteiger partial charge in [0.05, 0.1) is 6.20 Å². The van der Waals surface area contributed by atoms with Gasteiger partial charge in [-0.25, -0.2) is 4.39 Å². The predicted octanol–water partition coefficient (Wildman–Crippen LogP) is 4.16. The Labute approximate surface area is 124 Å². The van der Waals surface area contributed by atoms with Gasteiger partial charge in [-0.3, -0.25) is 4.98 Å². The lowest BCUT2D eigenvalue weighted by Crippen LogP contribution is -2.24. The zero-order chi connectivity index (χ0) is 14.4. The minimum Gasteiger partial charge on any atom is -0.310 e. The van der Waals surface area contributed by atoms with E-state index in [1.807, 2.05) is 24.3 Å². The molecule has 2 nitrogen and oxygen atoms in total. The first kappa shape index (κ1) is 14.9. The van der Waals surface area contributed by atoms with Gasteiger partial charge < -0.3 is 5.32 Å². The van der Waals surface area contributed by atoms with Gasteiger partial charge >= 0.3 is 0 Å². The fourth-order valence-electron chi connectivity index (χ4n) is 2.10. The van der Waals surface area contributed by atoms with Crippen molar-refractivity contribution in [3.8, 4) is 0 Å². The minimum absolute atomic E-state index is 0.0549. The maximum Gasteiger partial charge on any atom is 0.141 e. The summed E-state index contributed by atoms with van der Waals surface area (Å²) in [6, 6.07) is 9.33. The summed E-state index contributed by atoms with van der Waals surface area (Å²) >= 11 is 5.89.